The molecule has 1 N–H and O–H groups in total. The van der Waals surface area contributed by atoms with Crippen molar-refractivity contribution in [3.63, 3.8) is 0 Å². The lowest BCUT2D eigenvalue weighted by molar-refractivity contribution is -0.197. The van der Waals surface area contributed by atoms with Crippen LogP contribution < -0.4 is 0 Å². The molecule has 3 unspecified atom stereocenters. The van der Waals surface area contributed by atoms with Crippen molar-refractivity contribution >= 4 is 11.9 Å². The SMILES string of the molecule is O=C1CC2C(CO)CCC2(OC(=O)c2ccccc2)O1. The van der Waals surface area contributed by atoms with Crippen molar-refractivity contribution in [1.82, 2.24) is 0 Å². The van der Waals surface area contributed by atoms with E-state index in [2.05, 4.69) is 0 Å². The Bertz CT molecular complexity index is 526. The van der Waals surface area contributed by atoms with Crippen LogP contribution in [0.3, 0.4) is 0 Å². The molecule has 0 radical (unpaired) electrons. The van der Waals surface area contributed by atoms with Crippen LogP contribution in [-0.4, -0.2) is 29.4 Å². The second kappa shape index (κ2) is 4.90. The van der Waals surface area contributed by atoms with Gasteiger partial charge in [0.15, 0.2) is 0 Å². The van der Waals surface area contributed by atoms with Gasteiger partial charge in [-0.3, -0.25) is 4.79 Å². The summed E-state index contributed by atoms with van der Waals surface area (Å²) in [5.41, 5.74) is 0.427. The van der Waals surface area contributed by atoms with Crippen LogP contribution in [-0.2, 0) is 14.3 Å². The first-order valence-corrected chi connectivity index (χ1v) is 6.76. The van der Waals surface area contributed by atoms with E-state index in [0.29, 0.717) is 18.4 Å². The van der Waals surface area contributed by atoms with Gasteiger partial charge in [0.25, 0.3) is 5.79 Å². The highest BCUT2D eigenvalue weighted by atomic mass is 16.7. The first kappa shape index (κ1) is 13.1. The van der Waals surface area contributed by atoms with E-state index in [1.165, 1.54) is 0 Å². The zero-order valence-corrected chi connectivity index (χ0v) is 11.0. The van der Waals surface area contributed by atoms with Crippen LogP contribution >= 0.6 is 0 Å². The molecule has 0 amide bonds. The van der Waals surface area contributed by atoms with Crippen LogP contribution in [0.5, 0.6) is 0 Å². The molecule has 5 nitrogen and oxygen atoms in total. The van der Waals surface area contributed by atoms with Crippen molar-refractivity contribution in [2.24, 2.45) is 11.8 Å². The van der Waals surface area contributed by atoms with Gasteiger partial charge in [0.05, 0.1) is 17.9 Å². The van der Waals surface area contributed by atoms with E-state index in [4.69, 9.17) is 9.47 Å². The quantitative estimate of drug-likeness (QED) is 0.847. The molecule has 0 bridgehead atoms. The third-order valence-electron chi connectivity index (χ3n) is 4.18. The summed E-state index contributed by atoms with van der Waals surface area (Å²) in [6.45, 7) is -0.0219. The van der Waals surface area contributed by atoms with E-state index in [0.717, 1.165) is 0 Å². The molecule has 106 valence electrons. The molecule has 1 aliphatic heterocycles. The third-order valence-corrected chi connectivity index (χ3v) is 4.18. The number of aliphatic hydroxyl groups excluding tert-OH is 1. The summed E-state index contributed by atoms with van der Waals surface area (Å²) in [5, 5.41) is 9.36. The smallest absolute Gasteiger partial charge is 0.341 e. The summed E-state index contributed by atoms with van der Waals surface area (Å²) in [6.07, 6.45) is 1.34. The van der Waals surface area contributed by atoms with Gasteiger partial charge in [-0.15, -0.1) is 0 Å². The van der Waals surface area contributed by atoms with Gasteiger partial charge >= 0.3 is 11.9 Å². The van der Waals surface area contributed by atoms with Crippen molar-refractivity contribution in [2.45, 2.75) is 25.0 Å². The average molecular weight is 276 g/mol. The predicted octanol–water partition coefficient (Wildman–Crippen LogP) is 1.51. The highest BCUT2D eigenvalue weighted by molar-refractivity contribution is 5.90. The van der Waals surface area contributed by atoms with Crippen molar-refractivity contribution in [3.8, 4) is 0 Å². The predicted molar refractivity (Wildman–Crippen MR) is 68.6 cm³/mol. The van der Waals surface area contributed by atoms with Crippen molar-refractivity contribution in [3.05, 3.63) is 35.9 Å². The van der Waals surface area contributed by atoms with Crippen LogP contribution in [0.25, 0.3) is 0 Å². The van der Waals surface area contributed by atoms with E-state index in [-0.39, 0.29) is 30.8 Å². The molecule has 1 saturated heterocycles. The number of rotatable bonds is 3. The number of ether oxygens (including phenoxy) is 2. The molecule has 1 saturated carbocycles. The van der Waals surface area contributed by atoms with E-state index in [1.807, 2.05) is 6.07 Å². The Morgan fingerprint density at radius 2 is 2.15 bits per heavy atom. The van der Waals surface area contributed by atoms with E-state index in [9.17, 15) is 14.7 Å². The van der Waals surface area contributed by atoms with Crippen molar-refractivity contribution in [2.75, 3.05) is 6.61 Å². The van der Waals surface area contributed by atoms with Gasteiger partial charge in [0.2, 0.25) is 0 Å². The number of carbonyl (C=O) groups excluding carboxylic acids is 2. The first-order valence-electron chi connectivity index (χ1n) is 6.76. The Morgan fingerprint density at radius 3 is 2.85 bits per heavy atom. The fourth-order valence-corrected chi connectivity index (χ4v) is 3.15. The van der Waals surface area contributed by atoms with Gasteiger partial charge in [-0.05, 0) is 24.5 Å². The minimum absolute atomic E-state index is 0.0219. The fraction of sp³-hybridized carbons (Fsp3) is 0.467. The van der Waals surface area contributed by atoms with E-state index < -0.39 is 11.8 Å². The number of hydrogen-bond acceptors (Lipinski definition) is 5. The maximum absolute atomic E-state index is 12.2. The topological polar surface area (TPSA) is 72.8 Å². The molecule has 0 spiro atoms. The molecule has 1 aliphatic carbocycles. The van der Waals surface area contributed by atoms with Crippen LogP contribution in [0.1, 0.15) is 29.6 Å². The van der Waals surface area contributed by atoms with Crippen molar-refractivity contribution < 1.29 is 24.2 Å². The van der Waals surface area contributed by atoms with E-state index >= 15 is 0 Å². The highest BCUT2D eigenvalue weighted by Gasteiger charge is 2.59. The summed E-state index contributed by atoms with van der Waals surface area (Å²) in [5.74, 6) is -2.34. The van der Waals surface area contributed by atoms with Crippen LogP contribution in [0, 0.1) is 11.8 Å². The zero-order chi connectivity index (χ0) is 14.2. The van der Waals surface area contributed by atoms with Gasteiger partial charge in [0, 0.05) is 13.0 Å². The summed E-state index contributed by atoms with van der Waals surface area (Å²) in [4.78, 5) is 23.7. The average Bonchev–Trinajstić information content (AvgIpc) is 2.93. The Hall–Kier alpha value is -1.88. The summed E-state index contributed by atoms with van der Waals surface area (Å²) in [7, 11) is 0. The largest absolute Gasteiger partial charge is 0.422 e. The summed E-state index contributed by atoms with van der Waals surface area (Å²) < 4.78 is 10.8. The summed E-state index contributed by atoms with van der Waals surface area (Å²) in [6, 6.07) is 8.62. The Morgan fingerprint density at radius 1 is 1.40 bits per heavy atom. The van der Waals surface area contributed by atoms with Crippen LogP contribution in [0.2, 0.25) is 0 Å². The molecule has 1 aromatic rings. The monoisotopic (exact) mass is 276 g/mol. The molecule has 2 aliphatic rings. The second-order valence-electron chi connectivity index (χ2n) is 5.33. The molecule has 2 fully saturated rings. The minimum Gasteiger partial charge on any atom is -0.422 e. The minimum atomic E-state index is -1.18. The molecule has 5 heteroatoms. The number of esters is 2. The lowest BCUT2D eigenvalue weighted by Gasteiger charge is -2.28. The molecule has 3 rings (SSSR count). The zero-order valence-electron chi connectivity index (χ0n) is 11.0. The Balaban J connectivity index is 1.82. The molecular weight excluding hydrogens is 260 g/mol. The number of fused-ring (bicyclic) bond motifs is 1. The Labute approximate surface area is 116 Å². The Kier molecular flexibility index (Phi) is 3.22. The number of hydrogen-bond donors (Lipinski definition) is 1. The number of benzene rings is 1. The van der Waals surface area contributed by atoms with Gasteiger partial charge in [-0.1, -0.05) is 18.2 Å². The maximum atomic E-state index is 12.2. The van der Waals surface area contributed by atoms with E-state index in [1.54, 1.807) is 24.3 Å². The molecule has 1 heterocycles. The van der Waals surface area contributed by atoms with Gasteiger partial charge in [-0.25, -0.2) is 4.79 Å². The van der Waals surface area contributed by atoms with Crippen LogP contribution in [0.15, 0.2) is 30.3 Å². The second-order valence-corrected chi connectivity index (χ2v) is 5.33. The molecule has 3 atom stereocenters. The molecule has 20 heavy (non-hydrogen) atoms. The maximum Gasteiger partial charge on any atom is 0.341 e. The molecular formula is C15H16O5. The van der Waals surface area contributed by atoms with Crippen molar-refractivity contribution in [1.29, 1.82) is 0 Å². The lowest BCUT2D eigenvalue weighted by Crippen LogP contribution is -2.38. The van der Waals surface area contributed by atoms with Gasteiger partial charge < -0.3 is 14.6 Å². The lowest BCUT2D eigenvalue weighted by atomic mass is 9.92. The number of carbonyl (C=O) groups is 2. The van der Waals surface area contributed by atoms with Crippen LogP contribution in [0.4, 0.5) is 0 Å². The van der Waals surface area contributed by atoms with Gasteiger partial charge in [-0.2, -0.15) is 0 Å². The first-order chi connectivity index (χ1) is 9.64. The highest BCUT2D eigenvalue weighted by Crippen LogP contribution is 2.50. The fourth-order valence-electron chi connectivity index (χ4n) is 3.15. The normalized spacial score (nSPS) is 31.8. The summed E-state index contributed by atoms with van der Waals surface area (Å²) >= 11 is 0. The third kappa shape index (κ3) is 2.08. The number of aliphatic hydroxyl groups is 1. The molecule has 0 aromatic heterocycles. The standard InChI is InChI=1S/C15H16O5/c16-9-11-6-7-15(12(11)8-13(17)19-15)20-14(18)10-4-2-1-3-5-10/h1-5,11-12,16H,6-9H2. The molecule has 1 aromatic carbocycles. The van der Waals surface area contributed by atoms with Gasteiger partial charge in [0.1, 0.15) is 0 Å².